The molecule has 0 saturated carbocycles. The highest BCUT2D eigenvalue weighted by atomic mass is 15.3. The van der Waals surface area contributed by atoms with Crippen LogP contribution < -0.4 is 0 Å². The molecule has 182 valence electrons. The Bertz CT molecular complexity index is 1320. The van der Waals surface area contributed by atoms with Gasteiger partial charge in [0.15, 0.2) is 0 Å². The predicted molar refractivity (Wildman–Crippen MR) is 150 cm³/mol. The third-order valence-corrected chi connectivity index (χ3v) is 7.08. The zero-order valence-electron chi connectivity index (χ0n) is 21.6. The molecule has 4 heteroatoms. The van der Waals surface area contributed by atoms with E-state index in [0.717, 1.165) is 46.7 Å². The second-order valence-corrected chi connectivity index (χ2v) is 9.55. The molecule has 0 radical (unpaired) electrons. The molecule has 0 bridgehead atoms. The van der Waals surface area contributed by atoms with Gasteiger partial charge < -0.3 is 0 Å². The maximum absolute atomic E-state index is 5.03. The summed E-state index contributed by atoms with van der Waals surface area (Å²) in [6.07, 6.45) is 2.04. The molecule has 0 aliphatic carbocycles. The fraction of sp³-hybridized carbons (Fsp3) is 0.250. The first-order chi connectivity index (χ1) is 17.6. The van der Waals surface area contributed by atoms with E-state index in [-0.39, 0.29) is 0 Å². The van der Waals surface area contributed by atoms with Crippen molar-refractivity contribution in [2.75, 3.05) is 0 Å². The Hall–Kier alpha value is -3.92. The normalized spacial score (nSPS) is 13.0. The zero-order chi connectivity index (χ0) is 25.1. The lowest BCUT2D eigenvalue weighted by molar-refractivity contribution is 0.483. The van der Waals surface area contributed by atoms with Crippen LogP contribution in [-0.2, 0) is 0 Å². The number of hydrogen-bond donors (Lipinski definition) is 0. The minimum atomic E-state index is 0.302. The molecule has 0 saturated heterocycles. The smallest absolute Gasteiger partial charge is 0.0929 e. The van der Waals surface area contributed by atoms with Crippen LogP contribution in [0.4, 0.5) is 0 Å². The average Bonchev–Trinajstić information content (AvgIpc) is 3.59. The molecule has 0 fully saturated rings. The van der Waals surface area contributed by atoms with E-state index >= 15 is 0 Å². The maximum Gasteiger partial charge on any atom is 0.0929 e. The predicted octanol–water partition coefficient (Wildman–Crippen LogP) is 8.69. The topological polar surface area (TPSA) is 35.6 Å². The quantitative estimate of drug-likeness (QED) is 0.225. The van der Waals surface area contributed by atoms with E-state index in [4.69, 9.17) is 10.2 Å². The van der Waals surface area contributed by atoms with Gasteiger partial charge in [-0.3, -0.25) is 9.36 Å². The van der Waals surface area contributed by atoms with Crippen molar-refractivity contribution in [2.45, 2.75) is 52.6 Å². The van der Waals surface area contributed by atoms with Gasteiger partial charge in [-0.15, -0.1) is 0 Å². The average molecular weight is 475 g/mol. The summed E-state index contributed by atoms with van der Waals surface area (Å²) in [5.74, 6) is 0. The van der Waals surface area contributed by atoms with Crippen LogP contribution >= 0.6 is 0 Å². The third kappa shape index (κ3) is 4.64. The first-order valence-corrected chi connectivity index (χ1v) is 13.0. The number of nitrogens with zero attached hydrogens (tertiary/aromatic N) is 4. The Labute approximate surface area is 214 Å². The number of hydrogen-bond acceptors (Lipinski definition) is 2. The summed E-state index contributed by atoms with van der Waals surface area (Å²) in [7, 11) is 0. The summed E-state index contributed by atoms with van der Waals surface area (Å²) in [5, 5.41) is 10.1. The van der Waals surface area contributed by atoms with Gasteiger partial charge in [0.2, 0.25) is 0 Å². The van der Waals surface area contributed by atoms with E-state index in [1.165, 1.54) is 11.1 Å². The van der Waals surface area contributed by atoms with E-state index in [0.29, 0.717) is 12.1 Å². The number of benzene rings is 3. The Morgan fingerprint density at radius 1 is 0.528 bits per heavy atom. The van der Waals surface area contributed by atoms with Crippen LogP contribution in [0, 0.1) is 0 Å². The largest absolute Gasteiger partial charge is 0.262 e. The summed E-state index contributed by atoms with van der Waals surface area (Å²) < 4.78 is 4.37. The van der Waals surface area contributed by atoms with Gasteiger partial charge in [-0.2, -0.15) is 10.2 Å². The van der Waals surface area contributed by atoms with E-state index in [1.54, 1.807) is 0 Å². The summed E-state index contributed by atoms with van der Waals surface area (Å²) in [6.45, 7) is 8.90. The van der Waals surface area contributed by atoms with E-state index in [9.17, 15) is 0 Å². The van der Waals surface area contributed by atoms with Gasteiger partial charge in [0.1, 0.15) is 0 Å². The minimum Gasteiger partial charge on any atom is -0.262 e. The van der Waals surface area contributed by atoms with Gasteiger partial charge in [0.05, 0.1) is 22.8 Å². The molecule has 2 heterocycles. The van der Waals surface area contributed by atoms with Crippen molar-refractivity contribution in [2.24, 2.45) is 0 Å². The van der Waals surface area contributed by atoms with Crippen LogP contribution in [0.5, 0.6) is 0 Å². The van der Waals surface area contributed by atoms with Crippen LogP contribution in [0.3, 0.4) is 0 Å². The molecule has 0 aliphatic rings. The zero-order valence-corrected chi connectivity index (χ0v) is 21.6. The fourth-order valence-electron chi connectivity index (χ4n) is 4.58. The van der Waals surface area contributed by atoms with Gasteiger partial charge in [0, 0.05) is 34.3 Å². The Morgan fingerprint density at radius 3 is 1.31 bits per heavy atom. The molecule has 0 amide bonds. The lowest BCUT2D eigenvalue weighted by Crippen LogP contribution is -2.08. The summed E-state index contributed by atoms with van der Waals surface area (Å²) in [6, 6.07) is 34.7. The molecule has 36 heavy (non-hydrogen) atoms. The molecular formula is C32H34N4. The Morgan fingerprint density at radius 2 is 0.917 bits per heavy atom. The van der Waals surface area contributed by atoms with E-state index in [2.05, 4.69) is 122 Å². The minimum absolute atomic E-state index is 0.302. The van der Waals surface area contributed by atoms with Crippen LogP contribution in [0.25, 0.3) is 45.0 Å². The maximum atomic E-state index is 5.03. The van der Waals surface area contributed by atoms with Gasteiger partial charge in [-0.1, -0.05) is 92.7 Å². The van der Waals surface area contributed by atoms with Gasteiger partial charge in [-0.05, 0) is 44.9 Å². The van der Waals surface area contributed by atoms with Crippen LogP contribution in [0.2, 0.25) is 0 Å². The van der Waals surface area contributed by atoms with Crippen LogP contribution in [0.15, 0.2) is 97.1 Å². The lowest BCUT2D eigenvalue weighted by Gasteiger charge is -2.16. The van der Waals surface area contributed by atoms with Crippen molar-refractivity contribution in [1.29, 1.82) is 0 Å². The van der Waals surface area contributed by atoms with E-state index < -0.39 is 0 Å². The molecule has 3 aromatic carbocycles. The fourth-order valence-corrected chi connectivity index (χ4v) is 4.58. The molecule has 0 aliphatic heterocycles. The molecule has 2 aromatic heterocycles. The highest BCUT2D eigenvalue weighted by Crippen LogP contribution is 2.34. The molecule has 2 unspecified atom stereocenters. The standard InChI is InChI=1S/C32H34N4/c1-5-23(3)35-31(21-29(33-35)25-14-9-7-10-15-25)27-18-13-19-28(20-27)32-22-30(26-16-11-8-12-17-26)34-36(32)24(4)6-2/h7-24H,5-6H2,1-4H3. The van der Waals surface area contributed by atoms with Crippen molar-refractivity contribution in [1.82, 2.24) is 19.6 Å². The van der Waals surface area contributed by atoms with Gasteiger partial charge in [-0.25, -0.2) is 0 Å². The first kappa shape index (κ1) is 23.8. The second kappa shape index (κ2) is 10.4. The third-order valence-electron chi connectivity index (χ3n) is 7.08. The summed E-state index contributed by atoms with van der Waals surface area (Å²) in [5.41, 5.74) is 8.91. The SMILES string of the molecule is CCC(C)n1nc(-c2ccccc2)cc1-c1cccc(-c2cc(-c3ccccc3)nn2C(C)CC)c1. The van der Waals surface area contributed by atoms with Gasteiger partial charge >= 0.3 is 0 Å². The van der Waals surface area contributed by atoms with Crippen molar-refractivity contribution in [3.05, 3.63) is 97.1 Å². The Balaban J connectivity index is 1.62. The van der Waals surface area contributed by atoms with Gasteiger partial charge in [0.25, 0.3) is 0 Å². The number of aromatic nitrogens is 4. The van der Waals surface area contributed by atoms with Crippen molar-refractivity contribution in [3.8, 4) is 45.0 Å². The van der Waals surface area contributed by atoms with Crippen LogP contribution in [-0.4, -0.2) is 19.6 Å². The molecule has 5 rings (SSSR count). The van der Waals surface area contributed by atoms with E-state index in [1.807, 2.05) is 12.1 Å². The monoisotopic (exact) mass is 474 g/mol. The number of rotatable bonds is 8. The van der Waals surface area contributed by atoms with Crippen molar-refractivity contribution >= 4 is 0 Å². The van der Waals surface area contributed by atoms with Crippen molar-refractivity contribution in [3.63, 3.8) is 0 Å². The summed E-state index contributed by atoms with van der Waals surface area (Å²) in [4.78, 5) is 0. The molecule has 0 spiro atoms. The first-order valence-electron chi connectivity index (χ1n) is 13.0. The van der Waals surface area contributed by atoms with Crippen LogP contribution in [0.1, 0.15) is 52.6 Å². The molecule has 2 atom stereocenters. The van der Waals surface area contributed by atoms with Crippen molar-refractivity contribution < 1.29 is 0 Å². The summed E-state index contributed by atoms with van der Waals surface area (Å²) >= 11 is 0. The highest BCUT2D eigenvalue weighted by molar-refractivity contribution is 5.75. The molecule has 4 nitrogen and oxygen atoms in total. The second-order valence-electron chi connectivity index (χ2n) is 9.55. The molecule has 5 aromatic rings. The lowest BCUT2D eigenvalue weighted by atomic mass is 10.0. The highest BCUT2D eigenvalue weighted by Gasteiger charge is 2.18. The molecule has 0 N–H and O–H groups in total. The Kier molecular flexibility index (Phi) is 6.86. The molecular weight excluding hydrogens is 440 g/mol.